The van der Waals surface area contributed by atoms with E-state index in [0.717, 1.165) is 0 Å². The number of ether oxygens (including phenoxy) is 2. The Morgan fingerprint density at radius 1 is 1.31 bits per heavy atom. The van der Waals surface area contributed by atoms with Crippen LogP contribution in [0.5, 0.6) is 0 Å². The number of amides is 1. The molecule has 0 saturated carbocycles. The fourth-order valence-electron chi connectivity index (χ4n) is 1.37. The van der Waals surface area contributed by atoms with Crippen LogP contribution in [0.25, 0.3) is 0 Å². The zero-order valence-electron chi connectivity index (χ0n) is 10.5. The average molecular weight is 231 g/mol. The van der Waals surface area contributed by atoms with Gasteiger partial charge in [0.15, 0.2) is 0 Å². The molecule has 0 radical (unpaired) electrons. The van der Waals surface area contributed by atoms with E-state index < -0.39 is 5.97 Å². The van der Waals surface area contributed by atoms with E-state index in [0.29, 0.717) is 19.6 Å². The molecular weight excluding hydrogens is 210 g/mol. The first kappa shape index (κ1) is 14.9. The van der Waals surface area contributed by atoms with Crippen LogP contribution in [0.4, 0.5) is 0 Å². The van der Waals surface area contributed by atoms with Gasteiger partial charge >= 0.3 is 5.97 Å². The second kappa shape index (κ2) is 8.10. The molecule has 0 aromatic rings. The Hall–Kier alpha value is -1.10. The molecule has 0 aliphatic heterocycles. The van der Waals surface area contributed by atoms with Crippen molar-refractivity contribution in [1.82, 2.24) is 4.90 Å². The Morgan fingerprint density at radius 3 is 2.38 bits per heavy atom. The minimum absolute atomic E-state index is 0.0194. The van der Waals surface area contributed by atoms with Gasteiger partial charge in [-0.3, -0.25) is 9.59 Å². The zero-order valence-corrected chi connectivity index (χ0v) is 10.5. The summed E-state index contributed by atoms with van der Waals surface area (Å²) in [6.45, 7) is 4.84. The lowest BCUT2D eigenvalue weighted by atomic mass is 10.1. The van der Waals surface area contributed by atoms with E-state index in [2.05, 4.69) is 4.74 Å². The molecule has 16 heavy (non-hydrogen) atoms. The van der Waals surface area contributed by atoms with Gasteiger partial charge in [-0.2, -0.15) is 0 Å². The van der Waals surface area contributed by atoms with Crippen LogP contribution in [-0.4, -0.2) is 50.7 Å². The van der Waals surface area contributed by atoms with E-state index in [1.54, 1.807) is 7.11 Å². The quantitative estimate of drug-likeness (QED) is 0.605. The lowest BCUT2D eigenvalue weighted by molar-refractivity contribution is -0.147. The molecule has 0 aliphatic carbocycles. The predicted molar refractivity (Wildman–Crippen MR) is 59.9 cm³/mol. The summed E-state index contributed by atoms with van der Waals surface area (Å²) in [5.41, 5.74) is 0. The molecule has 94 valence electrons. The van der Waals surface area contributed by atoms with Gasteiger partial charge in [0.05, 0.1) is 7.11 Å². The smallest absolute Gasteiger partial charge is 0.325 e. The number of rotatable bonds is 7. The van der Waals surface area contributed by atoms with Gasteiger partial charge in [0.2, 0.25) is 5.91 Å². The lowest BCUT2D eigenvalue weighted by Crippen LogP contribution is -2.37. The van der Waals surface area contributed by atoms with Crippen LogP contribution in [0.1, 0.15) is 20.3 Å². The summed E-state index contributed by atoms with van der Waals surface area (Å²) in [5, 5.41) is 0. The van der Waals surface area contributed by atoms with E-state index in [4.69, 9.17) is 4.74 Å². The molecule has 0 aliphatic rings. The summed E-state index contributed by atoms with van der Waals surface area (Å²) in [6.07, 6.45) is 0.388. The zero-order chi connectivity index (χ0) is 12.6. The van der Waals surface area contributed by atoms with Crippen molar-refractivity contribution >= 4 is 11.9 Å². The van der Waals surface area contributed by atoms with Gasteiger partial charge in [0.25, 0.3) is 0 Å². The van der Waals surface area contributed by atoms with E-state index in [9.17, 15) is 9.59 Å². The summed E-state index contributed by atoms with van der Waals surface area (Å²) in [6, 6.07) is 0. The molecule has 1 unspecified atom stereocenters. The monoisotopic (exact) mass is 231 g/mol. The Kier molecular flexibility index (Phi) is 7.54. The highest BCUT2D eigenvalue weighted by Gasteiger charge is 2.18. The fraction of sp³-hybridized carbons (Fsp3) is 0.818. The fourth-order valence-corrected chi connectivity index (χ4v) is 1.37. The van der Waals surface area contributed by atoms with E-state index in [-0.39, 0.29) is 18.4 Å². The van der Waals surface area contributed by atoms with Gasteiger partial charge in [-0.05, 0) is 12.8 Å². The first-order valence-electron chi connectivity index (χ1n) is 5.38. The van der Waals surface area contributed by atoms with Crippen LogP contribution in [0.15, 0.2) is 0 Å². The molecule has 0 saturated heterocycles. The Morgan fingerprint density at radius 2 is 1.94 bits per heavy atom. The Balaban J connectivity index is 4.15. The largest absolute Gasteiger partial charge is 0.468 e. The molecule has 0 bridgehead atoms. The third-order valence-corrected chi connectivity index (χ3v) is 2.26. The highest BCUT2D eigenvalue weighted by molar-refractivity contribution is 5.82. The number of methoxy groups -OCH3 is 2. The van der Waals surface area contributed by atoms with Gasteiger partial charge in [0, 0.05) is 26.7 Å². The molecule has 0 rings (SSSR count). The van der Waals surface area contributed by atoms with E-state index in [1.807, 2.05) is 13.8 Å². The normalized spacial score (nSPS) is 12.0. The predicted octanol–water partition coefficient (Wildman–Crippen LogP) is 0.680. The highest BCUT2D eigenvalue weighted by Crippen LogP contribution is 2.06. The van der Waals surface area contributed by atoms with Crippen LogP contribution in [-0.2, 0) is 19.1 Å². The Bertz CT molecular complexity index is 230. The summed E-state index contributed by atoms with van der Waals surface area (Å²) in [5.74, 6) is -0.281. The van der Waals surface area contributed by atoms with Crippen LogP contribution in [0.3, 0.4) is 0 Å². The first-order valence-corrected chi connectivity index (χ1v) is 5.38. The standard InChI is InChI=1S/C11H21NO4/c1-5-12(7-11(14)16-4)10(13)6-9(2)8-15-3/h9H,5-8H2,1-4H3. The number of esters is 1. The maximum absolute atomic E-state index is 11.8. The first-order chi connectivity index (χ1) is 7.54. The number of hydrogen-bond acceptors (Lipinski definition) is 4. The lowest BCUT2D eigenvalue weighted by Gasteiger charge is -2.21. The minimum Gasteiger partial charge on any atom is -0.468 e. The molecule has 0 fully saturated rings. The van der Waals surface area contributed by atoms with Crippen molar-refractivity contribution < 1.29 is 19.1 Å². The molecule has 1 amide bonds. The van der Waals surface area contributed by atoms with Crippen molar-refractivity contribution in [2.75, 3.05) is 33.9 Å². The summed E-state index contributed by atoms with van der Waals surface area (Å²) in [4.78, 5) is 24.3. The maximum atomic E-state index is 11.8. The van der Waals surface area contributed by atoms with Crippen molar-refractivity contribution in [3.63, 3.8) is 0 Å². The molecule has 5 heteroatoms. The van der Waals surface area contributed by atoms with Crippen molar-refractivity contribution in [2.45, 2.75) is 20.3 Å². The van der Waals surface area contributed by atoms with Gasteiger partial charge in [-0.15, -0.1) is 0 Å². The van der Waals surface area contributed by atoms with Gasteiger partial charge < -0.3 is 14.4 Å². The van der Waals surface area contributed by atoms with Gasteiger partial charge in [-0.25, -0.2) is 0 Å². The number of likely N-dealkylation sites (N-methyl/N-ethyl adjacent to an activating group) is 1. The van der Waals surface area contributed by atoms with Crippen molar-refractivity contribution in [3.8, 4) is 0 Å². The number of carbonyl (C=O) groups is 2. The van der Waals surface area contributed by atoms with Gasteiger partial charge in [0.1, 0.15) is 6.54 Å². The molecule has 0 spiro atoms. The highest BCUT2D eigenvalue weighted by atomic mass is 16.5. The SMILES string of the molecule is CCN(CC(=O)OC)C(=O)CC(C)COC. The van der Waals surface area contributed by atoms with Crippen molar-refractivity contribution in [2.24, 2.45) is 5.92 Å². The summed E-state index contributed by atoms with van der Waals surface area (Å²) < 4.78 is 9.49. The second-order valence-electron chi connectivity index (χ2n) is 3.75. The number of carbonyl (C=O) groups excluding carboxylic acids is 2. The molecule has 0 heterocycles. The van der Waals surface area contributed by atoms with Crippen molar-refractivity contribution in [1.29, 1.82) is 0 Å². The third kappa shape index (κ3) is 5.70. The molecule has 5 nitrogen and oxygen atoms in total. The van der Waals surface area contributed by atoms with Crippen LogP contribution in [0, 0.1) is 5.92 Å². The average Bonchev–Trinajstić information content (AvgIpc) is 2.25. The molecular formula is C11H21NO4. The molecule has 0 aromatic heterocycles. The van der Waals surface area contributed by atoms with E-state index >= 15 is 0 Å². The number of hydrogen-bond donors (Lipinski definition) is 0. The maximum Gasteiger partial charge on any atom is 0.325 e. The van der Waals surface area contributed by atoms with Crippen molar-refractivity contribution in [3.05, 3.63) is 0 Å². The summed E-state index contributed by atoms with van der Waals surface area (Å²) in [7, 11) is 2.92. The number of nitrogens with zero attached hydrogens (tertiary/aromatic N) is 1. The van der Waals surface area contributed by atoms with Gasteiger partial charge in [-0.1, -0.05) is 6.92 Å². The van der Waals surface area contributed by atoms with Crippen LogP contribution < -0.4 is 0 Å². The topological polar surface area (TPSA) is 55.8 Å². The Labute approximate surface area is 96.7 Å². The molecule has 0 N–H and O–H groups in total. The van der Waals surface area contributed by atoms with E-state index in [1.165, 1.54) is 12.0 Å². The summed E-state index contributed by atoms with van der Waals surface area (Å²) >= 11 is 0. The molecule has 1 atom stereocenters. The van der Waals surface area contributed by atoms with Crippen LogP contribution >= 0.6 is 0 Å². The minimum atomic E-state index is -0.394. The molecule has 0 aromatic carbocycles. The third-order valence-electron chi connectivity index (χ3n) is 2.26. The van der Waals surface area contributed by atoms with Crippen LogP contribution in [0.2, 0.25) is 0 Å². The second-order valence-corrected chi connectivity index (χ2v) is 3.75.